The Kier molecular flexibility index (Phi) is 4.47. The average Bonchev–Trinajstić information content (AvgIpc) is 2.63. The lowest BCUT2D eigenvalue weighted by Crippen LogP contribution is -2.09. The van der Waals surface area contributed by atoms with Crippen LogP contribution in [0.1, 0.15) is 28.9 Å². The van der Waals surface area contributed by atoms with Crippen molar-refractivity contribution in [2.75, 3.05) is 5.32 Å². The van der Waals surface area contributed by atoms with E-state index in [-0.39, 0.29) is 11.6 Å². The highest BCUT2D eigenvalue weighted by molar-refractivity contribution is 5.88. The molecule has 2 heterocycles. The lowest BCUT2D eigenvalue weighted by molar-refractivity contribution is 0.0697. The Balaban J connectivity index is 1.84. The number of carboxylic acid groups (broad SMARTS) is 1. The van der Waals surface area contributed by atoms with Crippen LogP contribution in [-0.4, -0.2) is 26.0 Å². The molecular weight excluding hydrogens is 304 g/mol. The van der Waals surface area contributed by atoms with Gasteiger partial charge in [0.2, 0.25) is 5.95 Å². The quantitative estimate of drug-likeness (QED) is 0.749. The molecular formula is C18H16N4O2. The second-order valence-electron chi connectivity index (χ2n) is 5.28. The van der Waals surface area contributed by atoms with Gasteiger partial charge in [0.05, 0.1) is 23.0 Å². The van der Waals surface area contributed by atoms with E-state index >= 15 is 0 Å². The Bertz CT molecular complexity index is 852. The van der Waals surface area contributed by atoms with Gasteiger partial charge in [0.1, 0.15) is 0 Å². The molecule has 2 N–H and O–H groups in total. The Morgan fingerprint density at radius 3 is 2.54 bits per heavy atom. The Labute approximate surface area is 139 Å². The van der Waals surface area contributed by atoms with Crippen LogP contribution >= 0.6 is 0 Å². The third-order valence-electron chi connectivity index (χ3n) is 3.57. The van der Waals surface area contributed by atoms with E-state index in [4.69, 9.17) is 5.11 Å². The van der Waals surface area contributed by atoms with Crippen molar-refractivity contribution in [2.24, 2.45) is 0 Å². The first-order chi connectivity index (χ1) is 11.6. The van der Waals surface area contributed by atoms with Crippen LogP contribution in [0.15, 0.2) is 60.9 Å². The number of hydrogen-bond donors (Lipinski definition) is 2. The van der Waals surface area contributed by atoms with Gasteiger partial charge < -0.3 is 10.4 Å². The summed E-state index contributed by atoms with van der Waals surface area (Å²) in [4.78, 5) is 23.9. The second kappa shape index (κ2) is 6.87. The summed E-state index contributed by atoms with van der Waals surface area (Å²) in [6.45, 7) is 2.02. The topological polar surface area (TPSA) is 88.0 Å². The molecule has 0 saturated carbocycles. The van der Waals surface area contributed by atoms with Crippen LogP contribution in [0.5, 0.6) is 0 Å². The molecule has 0 aliphatic rings. The molecule has 0 saturated heterocycles. The standard InChI is InChI=1S/C18H16N4O2/c1-12(13-5-3-2-4-6-13)21-18-20-10-8-15(22-18)16-11-14(17(23)24)7-9-19-16/h2-12H,1H3,(H,23,24)(H,20,21,22)/t12-/m0/s1. The van der Waals surface area contributed by atoms with Crippen LogP contribution in [-0.2, 0) is 0 Å². The van der Waals surface area contributed by atoms with Crippen LogP contribution in [0.3, 0.4) is 0 Å². The molecule has 6 heteroatoms. The molecule has 120 valence electrons. The van der Waals surface area contributed by atoms with Crippen molar-refractivity contribution in [1.29, 1.82) is 0 Å². The highest BCUT2D eigenvalue weighted by atomic mass is 16.4. The van der Waals surface area contributed by atoms with Gasteiger partial charge in [0.25, 0.3) is 0 Å². The number of pyridine rings is 1. The predicted octanol–water partition coefficient (Wildman–Crippen LogP) is 3.41. The fraction of sp³-hybridized carbons (Fsp3) is 0.111. The van der Waals surface area contributed by atoms with E-state index in [0.717, 1.165) is 5.56 Å². The first kappa shape index (κ1) is 15.6. The van der Waals surface area contributed by atoms with Gasteiger partial charge in [-0.25, -0.2) is 14.8 Å². The first-order valence-corrected chi connectivity index (χ1v) is 7.48. The number of anilines is 1. The van der Waals surface area contributed by atoms with Crippen LogP contribution in [0, 0.1) is 0 Å². The number of carboxylic acids is 1. The fourth-order valence-electron chi connectivity index (χ4n) is 2.29. The van der Waals surface area contributed by atoms with Crippen molar-refractivity contribution in [3.8, 4) is 11.4 Å². The number of aromatic carboxylic acids is 1. The van der Waals surface area contributed by atoms with Gasteiger partial charge in [0.15, 0.2) is 0 Å². The maximum absolute atomic E-state index is 11.1. The zero-order valence-electron chi connectivity index (χ0n) is 13.0. The summed E-state index contributed by atoms with van der Waals surface area (Å²) in [5.41, 5.74) is 2.35. The van der Waals surface area contributed by atoms with E-state index in [2.05, 4.69) is 20.3 Å². The van der Waals surface area contributed by atoms with E-state index in [1.807, 2.05) is 37.3 Å². The number of carbonyl (C=O) groups is 1. The van der Waals surface area contributed by atoms with Gasteiger partial charge in [-0.05, 0) is 30.7 Å². The SMILES string of the molecule is C[C@H](Nc1nccc(-c2cc(C(=O)O)ccn2)n1)c1ccccc1. The average molecular weight is 320 g/mol. The van der Waals surface area contributed by atoms with Gasteiger partial charge in [-0.15, -0.1) is 0 Å². The van der Waals surface area contributed by atoms with Crippen molar-refractivity contribution in [3.63, 3.8) is 0 Å². The van der Waals surface area contributed by atoms with Gasteiger partial charge in [-0.3, -0.25) is 4.98 Å². The number of nitrogens with zero attached hydrogens (tertiary/aromatic N) is 3. The summed E-state index contributed by atoms with van der Waals surface area (Å²) in [6, 6.07) is 14.7. The fourth-order valence-corrected chi connectivity index (χ4v) is 2.29. The van der Waals surface area contributed by atoms with Crippen molar-refractivity contribution < 1.29 is 9.90 Å². The van der Waals surface area contributed by atoms with Crippen LogP contribution in [0.4, 0.5) is 5.95 Å². The van der Waals surface area contributed by atoms with Crippen LogP contribution in [0.2, 0.25) is 0 Å². The lowest BCUT2D eigenvalue weighted by atomic mass is 10.1. The van der Waals surface area contributed by atoms with Crippen molar-refractivity contribution in [3.05, 3.63) is 72.1 Å². The van der Waals surface area contributed by atoms with E-state index in [1.54, 1.807) is 12.3 Å². The number of nitrogens with one attached hydrogen (secondary N) is 1. The summed E-state index contributed by atoms with van der Waals surface area (Å²) in [5.74, 6) is -0.532. The molecule has 24 heavy (non-hydrogen) atoms. The van der Waals surface area contributed by atoms with Crippen molar-refractivity contribution in [1.82, 2.24) is 15.0 Å². The highest BCUT2D eigenvalue weighted by Crippen LogP contribution is 2.20. The molecule has 0 aliphatic carbocycles. The Hall–Kier alpha value is -3.28. The molecule has 1 atom stereocenters. The zero-order chi connectivity index (χ0) is 16.9. The minimum atomic E-state index is -0.997. The van der Waals surface area contributed by atoms with Gasteiger partial charge >= 0.3 is 5.97 Å². The van der Waals surface area contributed by atoms with Gasteiger partial charge in [-0.1, -0.05) is 30.3 Å². The summed E-state index contributed by atoms with van der Waals surface area (Å²) in [6.07, 6.45) is 3.08. The molecule has 0 fully saturated rings. The largest absolute Gasteiger partial charge is 0.478 e. The molecule has 0 radical (unpaired) electrons. The number of hydrogen-bond acceptors (Lipinski definition) is 5. The van der Waals surface area contributed by atoms with E-state index in [9.17, 15) is 4.79 Å². The van der Waals surface area contributed by atoms with E-state index in [0.29, 0.717) is 17.3 Å². The molecule has 3 aromatic rings. The third-order valence-corrected chi connectivity index (χ3v) is 3.57. The minimum absolute atomic E-state index is 0.0414. The van der Waals surface area contributed by atoms with Crippen molar-refractivity contribution in [2.45, 2.75) is 13.0 Å². The number of aromatic nitrogens is 3. The normalized spacial score (nSPS) is 11.7. The molecule has 3 rings (SSSR count). The van der Waals surface area contributed by atoms with Crippen LogP contribution in [0.25, 0.3) is 11.4 Å². The smallest absolute Gasteiger partial charge is 0.335 e. The highest BCUT2D eigenvalue weighted by Gasteiger charge is 2.10. The minimum Gasteiger partial charge on any atom is -0.478 e. The molecule has 0 spiro atoms. The summed E-state index contributed by atoms with van der Waals surface area (Å²) in [7, 11) is 0. The lowest BCUT2D eigenvalue weighted by Gasteiger charge is -2.14. The molecule has 0 aliphatic heterocycles. The van der Waals surface area contributed by atoms with Crippen LogP contribution < -0.4 is 5.32 Å². The molecule has 0 amide bonds. The maximum Gasteiger partial charge on any atom is 0.335 e. The maximum atomic E-state index is 11.1. The second-order valence-corrected chi connectivity index (χ2v) is 5.28. The van der Waals surface area contributed by atoms with Crippen molar-refractivity contribution >= 4 is 11.9 Å². The molecule has 0 bridgehead atoms. The molecule has 1 aromatic carbocycles. The Morgan fingerprint density at radius 2 is 1.79 bits per heavy atom. The predicted molar refractivity (Wildman–Crippen MR) is 90.7 cm³/mol. The van der Waals surface area contributed by atoms with Gasteiger partial charge in [-0.2, -0.15) is 0 Å². The number of rotatable bonds is 5. The van der Waals surface area contributed by atoms with E-state index in [1.165, 1.54) is 18.3 Å². The summed E-state index contributed by atoms with van der Waals surface area (Å²) in [5, 5.41) is 12.3. The number of benzene rings is 1. The van der Waals surface area contributed by atoms with Gasteiger partial charge in [0, 0.05) is 12.4 Å². The molecule has 6 nitrogen and oxygen atoms in total. The molecule has 0 unspecified atom stereocenters. The summed E-state index contributed by atoms with van der Waals surface area (Å²) >= 11 is 0. The first-order valence-electron chi connectivity index (χ1n) is 7.48. The van der Waals surface area contributed by atoms with E-state index < -0.39 is 5.97 Å². The summed E-state index contributed by atoms with van der Waals surface area (Å²) < 4.78 is 0. The monoisotopic (exact) mass is 320 g/mol. The third kappa shape index (κ3) is 3.55. The Morgan fingerprint density at radius 1 is 1.04 bits per heavy atom. The molecule has 2 aromatic heterocycles. The zero-order valence-corrected chi connectivity index (χ0v) is 13.0.